The van der Waals surface area contributed by atoms with Gasteiger partial charge in [0.05, 0.1) is 4.92 Å². The number of nitro groups is 1. The van der Waals surface area contributed by atoms with Gasteiger partial charge in [-0.3, -0.25) is 10.1 Å². The van der Waals surface area contributed by atoms with E-state index in [1.54, 1.807) is 6.07 Å². The Balaban J connectivity index is 2.07. The predicted octanol–water partition coefficient (Wildman–Crippen LogP) is 4.28. The van der Waals surface area contributed by atoms with Gasteiger partial charge in [0, 0.05) is 28.8 Å². The summed E-state index contributed by atoms with van der Waals surface area (Å²) in [5, 5.41) is 13.9. The zero-order valence-electron chi connectivity index (χ0n) is 10.4. The standard InChI is InChI=1S/C14H13BrN2O2/c1-10-2-5-12(6-3-10)16-9-11-4-7-13(17(18)19)8-14(11)15/h2-8,16H,9H2,1H3. The van der Waals surface area contributed by atoms with E-state index >= 15 is 0 Å². The van der Waals surface area contributed by atoms with E-state index in [1.807, 2.05) is 31.2 Å². The van der Waals surface area contributed by atoms with E-state index in [9.17, 15) is 10.1 Å². The molecule has 0 unspecified atom stereocenters. The van der Waals surface area contributed by atoms with Gasteiger partial charge < -0.3 is 5.32 Å². The van der Waals surface area contributed by atoms with Crippen LogP contribution in [-0.2, 0) is 6.54 Å². The second-order valence-electron chi connectivity index (χ2n) is 4.25. The average Bonchev–Trinajstić information content (AvgIpc) is 2.39. The molecule has 0 heterocycles. The molecular formula is C14H13BrN2O2. The van der Waals surface area contributed by atoms with Crippen molar-refractivity contribution in [1.29, 1.82) is 0 Å². The number of benzene rings is 2. The highest BCUT2D eigenvalue weighted by molar-refractivity contribution is 9.10. The van der Waals surface area contributed by atoms with Gasteiger partial charge in [-0.1, -0.05) is 33.6 Å². The number of hydrogen-bond acceptors (Lipinski definition) is 3. The first-order valence-electron chi connectivity index (χ1n) is 5.79. The van der Waals surface area contributed by atoms with Crippen LogP contribution in [-0.4, -0.2) is 4.92 Å². The molecule has 0 saturated carbocycles. The van der Waals surface area contributed by atoms with Crippen LogP contribution in [0.3, 0.4) is 0 Å². The minimum absolute atomic E-state index is 0.0889. The Morgan fingerprint density at radius 3 is 2.47 bits per heavy atom. The Bertz CT molecular complexity index is 597. The van der Waals surface area contributed by atoms with Crippen LogP contribution in [0.25, 0.3) is 0 Å². The monoisotopic (exact) mass is 320 g/mol. The molecule has 0 aliphatic heterocycles. The van der Waals surface area contributed by atoms with Crippen LogP contribution in [0.5, 0.6) is 0 Å². The van der Waals surface area contributed by atoms with Crippen LogP contribution in [0.4, 0.5) is 11.4 Å². The molecule has 0 radical (unpaired) electrons. The lowest BCUT2D eigenvalue weighted by Gasteiger charge is -2.08. The van der Waals surface area contributed by atoms with Crippen molar-refractivity contribution < 1.29 is 4.92 Å². The van der Waals surface area contributed by atoms with E-state index in [4.69, 9.17) is 0 Å². The van der Waals surface area contributed by atoms with Crippen LogP contribution in [0.1, 0.15) is 11.1 Å². The van der Waals surface area contributed by atoms with Crippen LogP contribution >= 0.6 is 15.9 Å². The van der Waals surface area contributed by atoms with Gasteiger partial charge >= 0.3 is 0 Å². The fraction of sp³-hybridized carbons (Fsp3) is 0.143. The molecule has 2 rings (SSSR count). The molecule has 4 nitrogen and oxygen atoms in total. The van der Waals surface area contributed by atoms with Crippen molar-refractivity contribution >= 4 is 27.3 Å². The molecular weight excluding hydrogens is 308 g/mol. The molecule has 0 bridgehead atoms. The first-order valence-corrected chi connectivity index (χ1v) is 6.59. The topological polar surface area (TPSA) is 55.2 Å². The summed E-state index contributed by atoms with van der Waals surface area (Å²) in [5.41, 5.74) is 3.30. The van der Waals surface area contributed by atoms with E-state index in [2.05, 4.69) is 21.2 Å². The zero-order valence-corrected chi connectivity index (χ0v) is 12.0. The Morgan fingerprint density at radius 1 is 1.21 bits per heavy atom. The Morgan fingerprint density at radius 2 is 1.89 bits per heavy atom. The van der Waals surface area contributed by atoms with E-state index in [0.29, 0.717) is 6.54 Å². The molecule has 0 saturated heterocycles. The quantitative estimate of drug-likeness (QED) is 0.675. The number of halogens is 1. The third kappa shape index (κ3) is 3.54. The fourth-order valence-corrected chi connectivity index (χ4v) is 2.17. The van der Waals surface area contributed by atoms with Crippen molar-refractivity contribution in [1.82, 2.24) is 0 Å². The molecule has 5 heteroatoms. The van der Waals surface area contributed by atoms with Crippen LogP contribution in [0.2, 0.25) is 0 Å². The van der Waals surface area contributed by atoms with Gasteiger partial charge in [-0.2, -0.15) is 0 Å². The molecule has 0 atom stereocenters. The minimum atomic E-state index is -0.401. The number of nitro benzene ring substituents is 1. The summed E-state index contributed by atoms with van der Waals surface area (Å²) in [6, 6.07) is 12.9. The third-order valence-electron chi connectivity index (χ3n) is 2.78. The van der Waals surface area contributed by atoms with Gasteiger partial charge in [0.15, 0.2) is 0 Å². The highest BCUT2D eigenvalue weighted by atomic mass is 79.9. The maximum absolute atomic E-state index is 10.6. The summed E-state index contributed by atoms with van der Waals surface area (Å²) in [6.45, 7) is 2.65. The second kappa shape index (κ2) is 5.84. The van der Waals surface area contributed by atoms with Gasteiger partial charge in [-0.15, -0.1) is 0 Å². The van der Waals surface area contributed by atoms with Crippen LogP contribution in [0.15, 0.2) is 46.9 Å². The summed E-state index contributed by atoms with van der Waals surface area (Å²) >= 11 is 3.36. The van der Waals surface area contributed by atoms with Gasteiger partial charge in [0.2, 0.25) is 0 Å². The Labute approximate surface area is 119 Å². The minimum Gasteiger partial charge on any atom is -0.381 e. The Kier molecular flexibility index (Phi) is 4.16. The van der Waals surface area contributed by atoms with Gasteiger partial charge in [-0.05, 0) is 30.7 Å². The normalized spacial score (nSPS) is 10.2. The van der Waals surface area contributed by atoms with E-state index < -0.39 is 4.92 Å². The average molecular weight is 321 g/mol. The summed E-state index contributed by atoms with van der Waals surface area (Å²) in [5.74, 6) is 0. The Hall–Kier alpha value is -1.88. The lowest BCUT2D eigenvalue weighted by Crippen LogP contribution is -2.00. The number of nitrogens with one attached hydrogen (secondary N) is 1. The van der Waals surface area contributed by atoms with Crippen LogP contribution < -0.4 is 5.32 Å². The van der Waals surface area contributed by atoms with Crippen molar-refractivity contribution in [3.63, 3.8) is 0 Å². The molecule has 19 heavy (non-hydrogen) atoms. The third-order valence-corrected chi connectivity index (χ3v) is 3.52. The molecule has 0 spiro atoms. The first kappa shape index (κ1) is 13.5. The predicted molar refractivity (Wildman–Crippen MR) is 79.3 cm³/mol. The molecule has 98 valence electrons. The number of hydrogen-bond donors (Lipinski definition) is 1. The van der Waals surface area contributed by atoms with Gasteiger partial charge in [-0.25, -0.2) is 0 Å². The summed E-state index contributed by atoms with van der Waals surface area (Å²) in [6.07, 6.45) is 0. The molecule has 0 aliphatic rings. The first-order chi connectivity index (χ1) is 9.06. The smallest absolute Gasteiger partial charge is 0.270 e. The lowest BCUT2D eigenvalue weighted by atomic mass is 10.2. The highest BCUT2D eigenvalue weighted by Gasteiger charge is 2.08. The van der Waals surface area contributed by atoms with Crippen LogP contribution in [0, 0.1) is 17.0 Å². The molecule has 0 aliphatic carbocycles. The van der Waals surface area contributed by atoms with E-state index in [-0.39, 0.29) is 5.69 Å². The summed E-state index contributed by atoms with van der Waals surface area (Å²) in [4.78, 5) is 10.2. The number of aryl methyl sites for hydroxylation is 1. The maximum atomic E-state index is 10.6. The SMILES string of the molecule is Cc1ccc(NCc2ccc([N+](=O)[O-])cc2Br)cc1. The number of rotatable bonds is 4. The largest absolute Gasteiger partial charge is 0.381 e. The molecule has 0 amide bonds. The number of anilines is 1. The molecule has 0 aromatic heterocycles. The number of nitrogens with zero attached hydrogens (tertiary/aromatic N) is 1. The van der Waals surface area contributed by atoms with Gasteiger partial charge in [0.1, 0.15) is 0 Å². The van der Waals surface area contributed by atoms with Crippen molar-refractivity contribution in [3.05, 3.63) is 68.2 Å². The van der Waals surface area contributed by atoms with Crippen molar-refractivity contribution in [2.75, 3.05) is 5.32 Å². The zero-order chi connectivity index (χ0) is 13.8. The van der Waals surface area contributed by atoms with Crippen molar-refractivity contribution in [2.24, 2.45) is 0 Å². The van der Waals surface area contributed by atoms with Crippen molar-refractivity contribution in [3.8, 4) is 0 Å². The maximum Gasteiger partial charge on any atom is 0.270 e. The molecule has 2 aromatic carbocycles. The molecule has 0 fully saturated rings. The fourth-order valence-electron chi connectivity index (χ4n) is 1.66. The van der Waals surface area contributed by atoms with E-state index in [0.717, 1.165) is 15.7 Å². The van der Waals surface area contributed by atoms with E-state index in [1.165, 1.54) is 17.7 Å². The second-order valence-corrected chi connectivity index (χ2v) is 5.11. The molecule has 2 aromatic rings. The number of non-ortho nitro benzene ring substituents is 1. The summed E-state index contributed by atoms with van der Waals surface area (Å²) in [7, 11) is 0. The highest BCUT2D eigenvalue weighted by Crippen LogP contribution is 2.23. The lowest BCUT2D eigenvalue weighted by molar-refractivity contribution is -0.384. The van der Waals surface area contributed by atoms with Crippen molar-refractivity contribution in [2.45, 2.75) is 13.5 Å². The summed E-state index contributed by atoms with van der Waals surface area (Å²) < 4.78 is 0.737. The molecule has 1 N–H and O–H groups in total. The van der Waals surface area contributed by atoms with Gasteiger partial charge in [0.25, 0.3) is 5.69 Å².